The van der Waals surface area contributed by atoms with Gasteiger partial charge in [0.25, 0.3) is 0 Å². The average molecular weight is 223 g/mol. The quantitative estimate of drug-likeness (QED) is 0.616. The van der Waals surface area contributed by atoms with Gasteiger partial charge < -0.3 is 15.2 Å². The molecule has 1 rings (SSSR count). The normalized spacial score (nSPS) is 9.62. The van der Waals surface area contributed by atoms with Crippen LogP contribution in [-0.2, 0) is 9.47 Å². The second kappa shape index (κ2) is 5.16. The molecule has 0 spiro atoms. The van der Waals surface area contributed by atoms with E-state index in [1.54, 1.807) is 6.92 Å². The SMILES string of the molecule is CCOC(=O)c1cc(C(=O)OC)ccc1N. The van der Waals surface area contributed by atoms with E-state index >= 15 is 0 Å². The number of rotatable bonds is 3. The van der Waals surface area contributed by atoms with Crippen LogP contribution < -0.4 is 5.73 Å². The maximum absolute atomic E-state index is 11.5. The molecule has 1 aromatic carbocycles. The van der Waals surface area contributed by atoms with Crippen LogP contribution in [0.1, 0.15) is 27.6 Å². The van der Waals surface area contributed by atoms with E-state index in [1.165, 1.54) is 25.3 Å². The average Bonchev–Trinajstić information content (AvgIpc) is 2.29. The second-order valence-electron chi connectivity index (χ2n) is 3.01. The van der Waals surface area contributed by atoms with Gasteiger partial charge in [0.1, 0.15) is 0 Å². The standard InChI is InChI=1S/C11H13NO4/c1-3-16-11(14)8-6-7(10(13)15-2)4-5-9(8)12/h4-6H,3,12H2,1-2H3. The predicted molar refractivity (Wildman–Crippen MR) is 58.2 cm³/mol. The lowest BCUT2D eigenvalue weighted by molar-refractivity contribution is 0.0527. The van der Waals surface area contributed by atoms with Crippen molar-refractivity contribution >= 4 is 17.6 Å². The van der Waals surface area contributed by atoms with Gasteiger partial charge in [-0.2, -0.15) is 0 Å². The molecule has 5 heteroatoms. The Morgan fingerprint density at radius 3 is 2.56 bits per heavy atom. The van der Waals surface area contributed by atoms with E-state index in [1.807, 2.05) is 0 Å². The molecule has 5 nitrogen and oxygen atoms in total. The maximum Gasteiger partial charge on any atom is 0.340 e. The van der Waals surface area contributed by atoms with Gasteiger partial charge in [-0.15, -0.1) is 0 Å². The summed E-state index contributed by atoms with van der Waals surface area (Å²) in [6.45, 7) is 1.94. The van der Waals surface area contributed by atoms with E-state index in [-0.39, 0.29) is 23.4 Å². The molecule has 0 saturated heterocycles. The van der Waals surface area contributed by atoms with Crippen LogP contribution in [0.2, 0.25) is 0 Å². The highest BCUT2D eigenvalue weighted by Gasteiger charge is 2.14. The number of carbonyl (C=O) groups excluding carboxylic acids is 2. The second-order valence-corrected chi connectivity index (χ2v) is 3.01. The number of benzene rings is 1. The van der Waals surface area contributed by atoms with Gasteiger partial charge in [0, 0.05) is 5.69 Å². The number of anilines is 1. The summed E-state index contributed by atoms with van der Waals surface area (Å²) in [7, 11) is 1.27. The lowest BCUT2D eigenvalue weighted by Crippen LogP contribution is -2.10. The van der Waals surface area contributed by atoms with Crippen LogP contribution in [-0.4, -0.2) is 25.7 Å². The van der Waals surface area contributed by atoms with Crippen LogP contribution in [0.5, 0.6) is 0 Å². The van der Waals surface area contributed by atoms with Gasteiger partial charge in [0.05, 0.1) is 24.8 Å². The molecule has 0 atom stereocenters. The van der Waals surface area contributed by atoms with E-state index in [0.717, 1.165) is 0 Å². The van der Waals surface area contributed by atoms with Crippen LogP contribution in [0.15, 0.2) is 18.2 Å². The summed E-state index contributed by atoms with van der Waals surface area (Å²) in [6.07, 6.45) is 0. The molecule has 0 amide bonds. The Morgan fingerprint density at radius 2 is 2.00 bits per heavy atom. The van der Waals surface area contributed by atoms with Crippen LogP contribution in [0.25, 0.3) is 0 Å². The van der Waals surface area contributed by atoms with Crippen LogP contribution in [0.4, 0.5) is 5.69 Å². The first-order chi connectivity index (χ1) is 7.60. The summed E-state index contributed by atoms with van der Waals surface area (Å²) in [5, 5.41) is 0. The minimum atomic E-state index is -0.550. The lowest BCUT2D eigenvalue weighted by atomic mass is 10.1. The topological polar surface area (TPSA) is 78.6 Å². The molecular formula is C11H13NO4. The molecule has 0 bridgehead atoms. The van der Waals surface area contributed by atoms with Gasteiger partial charge in [0.2, 0.25) is 0 Å². The highest BCUT2D eigenvalue weighted by atomic mass is 16.5. The van der Waals surface area contributed by atoms with Crippen molar-refractivity contribution in [3.8, 4) is 0 Å². The predicted octanol–water partition coefficient (Wildman–Crippen LogP) is 1.23. The van der Waals surface area contributed by atoms with Gasteiger partial charge in [-0.05, 0) is 25.1 Å². The number of methoxy groups -OCH3 is 1. The van der Waals surface area contributed by atoms with Crippen molar-refractivity contribution in [3.63, 3.8) is 0 Å². The van der Waals surface area contributed by atoms with Crippen LogP contribution >= 0.6 is 0 Å². The third-order valence-electron chi connectivity index (χ3n) is 1.97. The number of hydrogen-bond acceptors (Lipinski definition) is 5. The monoisotopic (exact) mass is 223 g/mol. The van der Waals surface area contributed by atoms with Crippen molar-refractivity contribution in [1.29, 1.82) is 0 Å². The van der Waals surface area contributed by atoms with Gasteiger partial charge in [-0.3, -0.25) is 0 Å². The van der Waals surface area contributed by atoms with Crippen molar-refractivity contribution in [2.75, 3.05) is 19.5 Å². The summed E-state index contributed by atoms with van der Waals surface area (Å²) in [5.41, 5.74) is 6.31. The zero-order valence-corrected chi connectivity index (χ0v) is 9.15. The molecule has 0 radical (unpaired) electrons. The van der Waals surface area contributed by atoms with Crippen molar-refractivity contribution in [1.82, 2.24) is 0 Å². The summed E-state index contributed by atoms with van der Waals surface area (Å²) in [4.78, 5) is 22.7. The highest BCUT2D eigenvalue weighted by molar-refractivity contribution is 5.99. The Labute approximate surface area is 93.1 Å². The molecular weight excluding hydrogens is 210 g/mol. The van der Waals surface area contributed by atoms with E-state index in [4.69, 9.17) is 10.5 Å². The Balaban J connectivity index is 3.08. The molecule has 1 aromatic rings. The molecule has 0 heterocycles. The smallest absolute Gasteiger partial charge is 0.340 e. The van der Waals surface area contributed by atoms with Crippen molar-refractivity contribution in [2.24, 2.45) is 0 Å². The zero-order valence-electron chi connectivity index (χ0n) is 9.15. The molecule has 0 aliphatic heterocycles. The fourth-order valence-electron chi connectivity index (χ4n) is 1.19. The van der Waals surface area contributed by atoms with Crippen LogP contribution in [0.3, 0.4) is 0 Å². The Bertz CT molecular complexity index is 414. The van der Waals surface area contributed by atoms with E-state index in [9.17, 15) is 9.59 Å². The van der Waals surface area contributed by atoms with E-state index in [2.05, 4.69) is 4.74 Å². The molecule has 0 aliphatic rings. The number of esters is 2. The number of nitrogens with two attached hydrogens (primary N) is 1. The fraction of sp³-hybridized carbons (Fsp3) is 0.273. The Kier molecular flexibility index (Phi) is 3.88. The zero-order chi connectivity index (χ0) is 12.1. The van der Waals surface area contributed by atoms with Crippen LogP contribution in [0, 0.1) is 0 Å². The third kappa shape index (κ3) is 2.50. The fourth-order valence-corrected chi connectivity index (χ4v) is 1.19. The molecule has 0 aliphatic carbocycles. The first-order valence-corrected chi connectivity index (χ1v) is 4.75. The Hall–Kier alpha value is -2.04. The van der Waals surface area contributed by atoms with Crippen molar-refractivity contribution in [2.45, 2.75) is 6.92 Å². The summed E-state index contributed by atoms with van der Waals surface area (Å²) in [6, 6.07) is 4.32. The number of carbonyl (C=O) groups is 2. The molecule has 2 N–H and O–H groups in total. The summed E-state index contributed by atoms with van der Waals surface area (Å²) < 4.78 is 9.35. The number of ether oxygens (including phenoxy) is 2. The Morgan fingerprint density at radius 1 is 1.31 bits per heavy atom. The first-order valence-electron chi connectivity index (χ1n) is 4.75. The highest BCUT2D eigenvalue weighted by Crippen LogP contribution is 2.16. The summed E-state index contributed by atoms with van der Waals surface area (Å²) in [5.74, 6) is -1.07. The molecule has 16 heavy (non-hydrogen) atoms. The molecule has 0 fully saturated rings. The maximum atomic E-state index is 11.5. The number of hydrogen-bond donors (Lipinski definition) is 1. The number of nitrogen functional groups attached to an aromatic ring is 1. The van der Waals surface area contributed by atoms with E-state index < -0.39 is 11.9 Å². The molecule has 0 unspecified atom stereocenters. The van der Waals surface area contributed by atoms with Crippen molar-refractivity contribution in [3.05, 3.63) is 29.3 Å². The first kappa shape index (κ1) is 12.0. The van der Waals surface area contributed by atoms with Gasteiger partial charge in [-0.25, -0.2) is 9.59 Å². The molecule has 86 valence electrons. The lowest BCUT2D eigenvalue weighted by Gasteiger charge is -2.06. The van der Waals surface area contributed by atoms with Gasteiger partial charge in [0.15, 0.2) is 0 Å². The third-order valence-corrected chi connectivity index (χ3v) is 1.97. The molecule has 0 saturated carbocycles. The largest absolute Gasteiger partial charge is 0.465 e. The van der Waals surface area contributed by atoms with Gasteiger partial charge in [-0.1, -0.05) is 0 Å². The molecule has 0 aromatic heterocycles. The minimum Gasteiger partial charge on any atom is -0.465 e. The summed E-state index contributed by atoms with van der Waals surface area (Å²) >= 11 is 0. The van der Waals surface area contributed by atoms with E-state index in [0.29, 0.717) is 0 Å². The minimum absolute atomic E-state index is 0.171. The van der Waals surface area contributed by atoms with Gasteiger partial charge >= 0.3 is 11.9 Å². The van der Waals surface area contributed by atoms with Crippen molar-refractivity contribution < 1.29 is 19.1 Å².